The van der Waals surface area contributed by atoms with Crippen molar-refractivity contribution in [2.75, 3.05) is 0 Å². The molecule has 0 N–H and O–H groups in total. The third-order valence-corrected chi connectivity index (χ3v) is 0.828. The lowest BCUT2D eigenvalue weighted by atomic mass is 10.4. The van der Waals surface area contributed by atoms with E-state index >= 15 is 0 Å². The van der Waals surface area contributed by atoms with E-state index in [0.717, 1.165) is 5.76 Å². The fourth-order valence-corrected chi connectivity index (χ4v) is 0.456. The Morgan fingerprint density at radius 1 is 2.00 bits per heavy atom. The third-order valence-electron chi connectivity index (χ3n) is 0.828. The van der Waals surface area contributed by atoms with Gasteiger partial charge in [0.15, 0.2) is 0 Å². The summed E-state index contributed by atoms with van der Waals surface area (Å²) in [5.41, 5.74) is 0. The number of rotatable bonds is 1. The zero-order valence-corrected chi connectivity index (χ0v) is 4.22. The van der Waals surface area contributed by atoms with Crippen molar-refractivity contribution < 1.29 is 5.79 Å². The van der Waals surface area contributed by atoms with E-state index in [1.165, 1.54) is 0 Å². The van der Waals surface area contributed by atoms with Gasteiger partial charge in [-0.15, -0.1) is 0 Å². The highest BCUT2D eigenvalue weighted by Crippen LogP contribution is 1.98. The van der Waals surface area contributed by atoms with Gasteiger partial charge in [-0.2, -0.15) is 0 Å². The van der Waals surface area contributed by atoms with Gasteiger partial charge in [0.05, 0.1) is 6.26 Å². The van der Waals surface area contributed by atoms with Crippen LogP contribution in [0.15, 0.2) is 22.8 Å². The van der Waals surface area contributed by atoms with Gasteiger partial charge >= 0.3 is 0 Å². The van der Waals surface area contributed by atoms with E-state index in [1.54, 1.807) is 25.3 Å². The van der Waals surface area contributed by atoms with Crippen LogP contribution in [0.4, 0.5) is 0 Å². The van der Waals surface area contributed by atoms with Crippen LogP contribution in [-0.2, 0) is 6.40 Å². The first-order valence-electron chi connectivity index (χ1n) is 2.84. The molecule has 0 aliphatic heterocycles. The zero-order chi connectivity index (χ0) is 5.98. The van der Waals surface area contributed by atoms with Gasteiger partial charge in [0.1, 0.15) is 5.76 Å². The average Bonchev–Trinajstić information content (AvgIpc) is 2.12. The fourth-order valence-electron chi connectivity index (χ4n) is 0.456. The number of aryl methyl sites for hydroxylation is 1. The maximum absolute atomic E-state index is 7.14. The molecule has 0 fully saturated rings. The molecular weight excluding hydrogens is 88.1 g/mol. The molecule has 0 aliphatic rings. The lowest BCUT2D eigenvalue weighted by molar-refractivity contribution is 0.516. The topological polar surface area (TPSA) is 13.1 Å². The molecule has 0 aliphatic carbocycles. The smallest absolute Gasteiger partial charge is 0.103 e. The first-order chi connectivity index (χ1) is 3.80. The molecule has 0 bridgehead atoms. The quantitative estimate of drug-likeness (QED) is 0.521. The number of hydrogen-bond acceptors (Lipinski definition) is 1. The van der Waals surface area contributed by atoms with Gasteiger partial charge in [-0.05, 0) is 12.1 Å². The summed E-state index contributed by atoms with van der Waals surface area (Å²) in [6.45, 7) is 1.78. The van der Waals surface area contributed by atoms with E-state index in [4.69, 9.17) is 5.79 Å². The highest BCUT2D eigenvalue weighted by Gasteiger charge is 1.84. The second-order valence-electron chi connectivity index (χ2n) is 1.30. The largest absolute Gasteiger partial charge is 0.469 e. The van der Waals surface area contributed by atoms with Crippen LogP contribution in [-0.4, -0.2) is 0 Å². The van der Waals surface area contributed by atoms with Crippen molar-refractivity contribution in [2.24, 2.45) is 0 Å². The minimum atomic E-state index is -0.231. The van der Waals surface area contributed by atoms with Crippen molar-refractivity contribution in [3.05, 3.63) is 24.2 Å². The van der Waals surface area contributed by atoms with Crippen LogP contribution >= 0.6 is 0 Å². The maximum atomic E-state index is 7.14. The monoisotopic (exact) mass is 97.1 g/mol. The molecule has 1 aromatic heterocycles. The standard InChI is InChI=1S/C6H8O/c1-2-6-4-3-5-7-6/h3-5H,2H2,1H3/i2D. The predicted molar refractivity (Wildman–Crippen MR) is 28.1 cm³/mol. The highest BCUT2D eigenvalue weighted by atomic mass is 16.3. The first kappa shape index (κ1) is 3.30. The van der Waals surface area contributed by atoms with Crippen LogP contribution in [0.3, 0.4) is 0 Å². The van der Waals surface area contributed by atoms with E-state index < -0.39 is 0 Å². The Balaban J connectivity index is 2.77. The molecule has 0 radical (unpaired) electrons. The molecule has 1 atom stereocenters. The summed E-state index contributed by atoms with van der Waals surface area (Å²) in [6, 6.07) is 3.60. The van der Waals surface area contributed by atoms with Gasteiger partial charge in [-0.1, -0.05) is 6.92 Å². The highest BCUT2D eigenvalue weighted by molar-refractivity contribution is 4.96. The Kier molecular flexibility index (Phi) is 0.861. The van der Waals surface area contributed by atoms with Crippen LogP contribution in [0.25, 0.3) is 0 Å². The summed E-state index contributed by atoms with van der Waals surface area (Å²) in [7, 11) is 0. The molecular formula is C6H8O. The SMILES string of the molecule is [2H]C(C)c1ccco1. The maximum Gasteiger partial charge on any atom is 0.103 e. The van der Waals surface area contributed by atoms with Gasteiger partial charge < -0.3 is 4.42 Å². The Bertz CT molecular complexity index is 144. The van der Waals surface area contributed by atoms with Crippen LogP contribution in [0.1, 0.15) is 14.1 Å². The average molecular weight is 97.1 g/mol. The zero-order valence-electron chi connectivity index (χ0n) is 5.22. The Morgan fingerprint density at radius 2 is 2.86 bits per heavy atom. The van der Waals surface area contributed by atoms with Crippen molar-refractivity contribution >= 4 is 0 Å². The molecule has 1 heterocycles. The predicted octanol–water partition coefficient (Wildman–Crippen LogP) is 1.84. The van der Waals surface area contributed by atoms with E-state index in [0.29, 0.717) is 0 Å². The second kappa shape index (κ2) is 1.82. The summed E-state index contributed by atoms with van der Waals surface area (Å²) in [5, 5.41) is 0. The molecule has 0 amide bonds. The summed E-state index contributed by atoms with van der Waals surface area (Å²) < 4.78 is 12.0. The summed E-state index contributed by atoms with van der Waals surface area (Å²) in [6.07, 6.45) is 1.35. The molecule has 1 heteroatoms. The van der Waals surface area contributed by atoms with Gasteiger partial charge in [0.25, 0.3) is 0 Å². The Morgan fingerprint density at radius 3 is 3.14 bits per heavy atom. The number of furan rings is 1. The van der Waals surface area contributed by atoms with Crippen molar-refractivity contribution in [1.29, 1.82) is 0 Å². The van der Waals surface area contributed by atoms with Crippen molar-refractivity contribution in [3.63, 3.8) is 0 Å². The Labute approximate surface area is 44.4 Å². The first-order valence-corrected chi connectivity index (χ1v) is 2.26. The molecule has 0 spiro atoms. The molecule has 38 valence electrons. The van der Waals surface area contributed by atoms with Crippen LogP contribution in [0.5, 0.6) is 0 Å². The molecule has 0 aromatic carbocycles. The third kappa shape index (κ3) is 0.829. The minimum absolute atomic E-state index is 0.231. The van der Waals surface area contributed by atoms with E-state index in [-0.39, 0.29) is 6.40 Å². The minimum Gasteiger partial charge on any atom is -0.469 e. The van der Waals surface area contributed by atoms with Gasteiger partial charge in [0, 0.05) is 7.77 Å². The molecule has 1 aromatic rings. The lowest BCUT2D eigenvalue weighted by Crippen LogP contribution is -1.66. The lowest BCUT2D eigenvalue weighted by Gasteiger charge is -1.79. The molecule has 1 nitrogen and oxygen atoms in total. The summed E-state index contributed by atoms with van der Waals surface area (Å²) in [5.74, 6) is 0.727. The second-order valence-corrected chi connectivity index (χ2v) is 1.30. The van der Waals surface area contributed by atoms with Crippen LogP contribution in [0, 0.1) is 0 Å². The molecule has 0 saturated heterocycles. The van der Waals surface area contributed by atoms with Crippen molar-refractivity contribution in [1.82, 2.24) is 0 Å². The molecule has 1 unspecified atom stereocenters. The molecule has 7 heavy (non-hydrogen) atoms. The van der Waals surface area contributed by atoms with E-state index in [2.05, 4.69) is 0 Å². The fraction of sp³-hybridized carbons (Fsp3) is 0.333. The van der Waals surface area contributed by atoms with Crippen molar-refractivity contribution in [2.45, 2.75) is 13.3 Å². The Hall–Kier alpha value is -0.720. The van der Waals surface area contributed by atoms with Crippen LogP contribution < -0.4 is 0 Å². The van der Waals surface area contributed by atoms with Gasteiger partial charge in [0.2, 0.25) is 0 Å². The summed E-state index contributed by atoms with van der Waals surface area (Å²) >= 11 is 0. The van der Waals surface area contributed by atoms with Crippen molar-refractivity contribution in [3.8, 4) is 0 Å². The summed E-state index contributed by atoms with van der Waals surface area (Å²) in [4.78, 5) is 0. The van der Waals surface area contributed by atoms with E-state index in [1.807, 2.05) is 0 Å². The van der Waals surface area contributed by atoms with Crippen LogP contribution in [0.2, 0.25) is 0 Å². The van der Waals surface area contributed by atoms with E-state index in [9.17, 15) is 0 Å². The molecule has 1 rings (SSSR count). The van der Waals surface area contributed by atoms with Gasteiger partial charge in [-0.25, -0.2) is 0 Å². The van der Waals surface area contributed by atoms with Gasteiger partial charge in [-0.3, -0.25) is 0 Å². The normalized spacial score (nSPS) is 15.9. The number of hydrogen-bond donors (Lipinski definition) is 0. The molecule has 0 saturated carbocycles.